The van der Waals surface area contributed by atoms with Gasteiger partial charge in [-0.25, -0.2) is 0 Å². The molecule has 0 N–H and O–H groups in total. The SMILES string of the molecule is c1ccc(-n2c3ccccc3c3cc(-n4c5ccccc5c5c6ccccc6c6c(c7ccccc7c7c8ccccc8n(-c8ccc9c(c8)c8ccccc8n9-c8ccccc8)c76)c54)ccc32)cc1. The van der Waals surface area contributed by atoms with E-state index in [0.717, 1.165) is 22.7 Å². The quantitative estimate of drug-likeness (QED) is 0.157. The first-order chi connectivity index (χ1) is 34.8. The highest BCUT2D eigenvalue weighted by Crippen LogP contribution is 2.51. The molecule has 0 saturated heterocycles. The minimum atomic E-state index is 1.14. The normalized spacial score (nSPS) is 12.3. The molecule has 0 saturated carbocycles. The Kier molecular flexibility index (Phi) is 7.58. The van der Waals surface area contributed by atoms with Crippen molar-refractivity contribution < 1.29 is 0 Å². The van der Waals surface area contributed by atoms with Gasteiger partial charge in [-0.05, 0) is 106 Å². The zero-order chi connectivity index (χ0) is 45.6. The van der Waals surface area contributed by atoms with Crippen LogP contribution in [0.15, 0.2) is 243 Å². The Hall–Kier alpha value is -9.38. The van der Waals surface area contributed by atoms with Gasteiger partial charge in [0.15, 0.2) is 0 Å². The molecular formula is C66H40N4. The van der Waals surface area contributed by atoms with E-state index < -0.39 is 0 Å². The second kappa shape index (κ2) is 14.1. The van der Waals surface area contributed by atoms with Gasteiger partial charge < -0.3 is 18.3 Å². The number of hydrogen-bond donors (Lipinski definition) is 0. The number of nitrogens with zero attached hydrogens (tertiary/aromatic N) is 4. The smallest absolute Gasteiger partial charge is 0.0633 e. The van der Waals surface area contributed by atoms with Gasteiger partial charge in [-0.3, -0.25) is 0 Å². The summed E-state index contributed by atoms with van der Waals surface area (Å²) in [5.41, 5.74) is 14.2. The van der Waals surface area contributed by atoms with Gasteiger partial charge >= 0.3 is 0 Å². The van der Waals surface area contributed by atoms with Gasteiger partial charge in [-0.1, -0.05) is 158 Å². The second-order valence-corrected chi connectivity index (χ2v) is 18.8. The van der Waals surface area contributed by atoms with Crippen molar-refractivity contribution in [1.82, 2.24) is 18.3 Å². The van der Waals surface area contributed by atoms with Crippen molar-refractivity contribution in [3.63, 3.8) is 0 Å². The number of rotatable bonds is 4. The molecule has 0 amide bonds. The molecule has 0 spiro atoms. The molecule has 0 aliphatic carbocycles. The molecule has 0 bridgehead atoms. The van der Waals surface area contributed by atoms with Crippen LogP contribution in [0.4, 0.5) is 0 Å². The van der Waals surface area contributed by atoms with Crippen LogP contribution in [0, 0.1) is 0 Å². The summed E-state index contributed by atoms with van der Waals surface area (Å²) < 4.78 is 9.96. The lowest BCUT2D eigenvalue weighted by Gasteiger charge is -2.18. The first-order valence-corrected chi connectivity index (χ1v) is 24.2. The average molecular weight is 889 g/mol. The van der Waals surface area contributed by atoms with Crippen LogP contribution in [-0.2, 0) is 0 Å². The summed E-state index contributed by atoms with van der Waals surface area (Å²) in [4.78, 5) is 0. The van der Waals surface area contributed by atoms with Gasteiger partial charge in [0.1, 0.15) is 0 Å². The van der Waals surface area contributed by atoms with Crippen LogP contribution in [0.3, 0.4) is 0 Å². The summed E-state index contributed by atoms with van der Waals surface area (Å²) in [6, 6.07) is 89.8. The minimum Gasteiger partial charge on any atom is -0.309 e. The Morgan fingerprint density at radius 2 is 0.457 bits per heavy atom. The molecule has 0 aliphatic rings. The Morgan fingerprint density at radius 1 is 0.171 bits per heavy atom. The second-order valence-electron chi connectivity index (χ2n) is 18.8. The minimum absolute atomic E-state index is 1.14. The highest BCUT2D eigenvalue weighted by atomic mass is 15.0. The van der Waals surface area contributed by atoms with Crippen molar-refractivity contribution in [2.45, 2.75) is 0 Å². The van der Waals surface area contributed by atoms with E-state index in [1.54, 1.807) is 0 Å². The fourth-order valence-corrected chi connectivity index (χ4v) is 12.5. The first-order valence-electron chi connectivity index (χ1n) is 24.2. The van der Waals surface area contributed by atoms with Gasteiger partial charge in [-0.2, -0.15) is 0 Å². The molecule has 0 aliphatic heterocycles. The standard InChI is InChI=1S/C66H40N4/c1-3-19-41(20-4-1)67-55-31-15-11-23-45(55)53-39-43(35-37-59(53)67)69-57-33-17-13-29-51(57)61-47-25-7-10-28-50(47)64-63(65(61)69)49-27-9-8-26-48(49)62-52-30-14-18-34-58(52)70(66(62)64)44-36-38-60-54(40-44)46-24-12-16-32-56(46)68(60)42-21-5-2-6-22-42/h1-40H. The van der Waals surface area contributed by atoms with Crippen molar-refractivity contribution in [1.29, 1.82) is 0 Å². The summed E-state index contributed by atoms with van der Waals surface area (Å²) in [7, 11) is 0. The Labute approximate surface area is 401 Å². The molecule has 0 unspecified atom stereocenters. The van der Waals surface area contributed by atoms with Gasteiger partial charge in [0.25, 0.3) is 0 Å². The molecule has 4 nitrogen and oxygen atoms in total. The topological polar surface area (TPSA) is 19.7 Å². The zero-order valence-electron chi connectivity index (χ0n) is 37.9. The molecule has 324 valence electrons. The van der Waals surface area contributed by atoms with Gasteiger partial charge in [-0.15, -0.1) is 0 Å². The maximum Gasteiger partial charge on any atom is 0.0633 e. The molecule has 12 aromatic carbocycles. The van der Waals surface area contributed by atoms with Gasteiger partial charge in [0.05, 0.1) is 44.1 Å². The largest absolute Gasteiger partial charge is 0.309 e. The number of benzene rings is 12. The molecule has 4 heterocycles. The Balaban J connectivity index is 1.10. The van der Waals surface area contributed by atoms with E-state index in [0.29, 0.717) is 0 Å². The van der Waals surface area contributed by atoms with Crippen LogP contribution >= 0.6 is 0 Å². The average Bonchev–Trinajstić information content (AvgIpc) is 4.16. The van der Waals surface area contributed by atoms with Crippen LogP contribution in [0.1, 0.15) is 0 Å². The molecule has 4 heteroatoms. The monoisotopic (exact) mass is 888 g/mol. The number of para-hydroxylation sites is 6. The van der Waals surface area contributed by atoms with E-state index in [9.17, 15) is 0 Å². The number of hydrogen-bond acceptors (Lipinski definition) is 0. The van der Waals surface area contributed by atoms with Crippen molar-refractivity contribution in [3.8, 4) is 22.7 Å². The lowest BCUT2D eigenvalue weighted by Crippen LogP contribution is -1.99. The fraction of sp³-hybridized carbons (Fsp3) is 0. The molecule has 0 fully saturated rings. The van der Waals surface area contributed by atoms with Crippen LogP contribution in [0.25, 0.3) is 142 Å². The van der Waals surface area contributed by atoms with Crippen LogP contribution in [0.2, 0.25) is 0 Å². The van der Waals surface area contributed by atoms with Gasteiger partial charge in [0, 0.05) is 76.6 Å². The summed E-state index contributed by atoms with van der Waals surface area (Å²) in [5, 5.41) is 17.4. The van der Waals surface area contributed by atoms with E-state index in [2.05, 4.69) is 261 Å². The Bertz CT molecular complexity index is 4560. The maximum atomic E-state index is 2.57. The third-order valence-corrected chi connectivity index (χ3v) is 15.3. The van der Waals surface area contributed by atoms with Crippen molar-refractivity contribution in [3.05, 3.63) is 243 Å². The van der Waals surface area contributed by atoms with E-state index in [1.807, 2.05) is 0 Å². The van der Waals surface area contributed by atoms with E-state index >= 15 is 0 Å². The van der Waals surface area contributed by atoms with Gasteiger partial charge in [0.2, 0.25) is 0 Å². The molecule has 4 aromatic heterocycles. The lowest BCUT2D eigenvalue weighted by atomic mass is 9.90. The lowest BCUT2D eigenvalue weighted by molar-refractivity contribution is 1.17. The molecular weight excluding hydrogens is 849 g/mol. The highest BCUT2D eigenvalue weighted by molar-refractivity contribution is 6.44. The molecule has 0 atom stereocenters. The molecule has 0 radical (unpaired) electrons. The number of aromatic nitrogens is 4. The van der Waals surface area contributed by atoms with Crippen molar-refractivity contribution in [2.75, 3.05) is 0 Å². The van der Waals surface area contributed by atoms with Crippen LogP contribution in [0.5, 0.6) is 0 Å². The predicted molar refractivity (Wildman–Crippen MR) is 296 cm³/mol. The van der Waals surface area contributed by atoms with Crippen molar-refractivity contribution in [2.24, 2.45) is 0 Å². The zero-order valence-corrected chi connectivity index (χ0v) is 37.9. The van der Waals surface area contributed by atoms with Crippen LogP contribution in [-0.4, -0.2) is 18.3 Å². The predicted octanol–water partition coefficient (Wildman–Crippen LogP) is 17.5. The van der Waals surface area contributed by atoms with E-state index in [1.165, 1.54) is 120 Å². The van der Waals surface area contributed by atoms with Crippen LogP contribution < -0.4 is 0 Å². The summed E-state index contributed by atoms with van der Waals surface area (Å²) in [6.07, 6.45) is 0. The molecule has 70 heavy (non-hydrogen) atoms. The van der Waals surface area contributed by atoms with Crippen molar-refractivity contribution >= 4 is 120 Å². The van der Waals surface area contributed by atoms with E-state index in [4.69, 9.17) is 0 Å². The third kappa shape index (κ3) is 4.93. The summed E-state index contributed by atoms with van der Waals surface area (Å²) in [6.45, 7) is 0. The molecule has 16 aromatic rings. The third-order valence-electron chi connectivity index (χ3n) is 15.3. The maximum absolute atomic E-state index is 2.57. The highest BCUT2D eigenvalue weighted by Gasteiger charge is 2.27. The fourth-order valence-electron chi connectivity index (χ4n) is 12.5. The Morgan fingerprint density at radius 3 is 0.843 bits per heavy atom. The first kappa shape index (κ1) is 37.7. The van der Waals surface area contributed by atoms with E-state index in [-0.39, 0.29) is 0 Å². The summed E-state index contributed by atoms with van der Waals surface area (Å²) >= 11 is 0. The molecule has 16 rings (SSSR count). The summed E-state index contributed by atoms with van der Waals surface area (Å²) in [5.74, 6) is 0. The number of fused-ring (bicyclic) bond motifs is 21.